The summed E-state index contributed by atoms with van der Waals surface area (Å²) in [6.07, 6.45) is 0.749. The minimum absolute atomic E-state index is 0.0365. The average Bonchev–Trinajstić information content (AvgIpc) is 3.13. The van der Waals surface area contributed by atoms with Crippen molar-refractivity contribution in [1.82, 2.24) is 0 Å². The van der Waals surface area contributed by atoms with Crippen molar-refractivity contribution in [3.8, 4) is 0 Å². The van der Waals surface area contributed by atoms with Crippen molar-refractivity contribution >= 4 is 54.8 Å². The fraction of sp³-hybridized carbons (Fsp3) is 0.0909. The highest BCUT2D eigenvalue weighted by Crippen LogP contribution is 2.31. The van der Waals surface area contributed by atoms with Crippen molar-refractivity contribution in [2.24, 2.45) is 0 Å². The van der Waals surface area contributed by atoms with Crippen LogP contribution in [0.15, 0.2) is 80.8 Å². The first-order valence-electron chi connectivity index (χ1n) is 9.28. The molecule has 0 unspecified atom stereocenters. The van der Waals surface area contributed by atoms with E-state index >= 15 is 0 Å². The predicted octanol–water partition coefficient (Wildman–Crippen LogP) is 5.11. The highest BCUT2D eigenvalue weighted by Gasteiger charge is 2.33. The van der Waals surface area contributed by atoms with Crippen LogP contribution in [0.4, 0.5) is 5.69 Å². The van der Waals surface area contributed by atoms with Gasteiger partial charge in [0, 0.05) is 0 Å². The van der Waals surface area contributed by atoms with Crippen molar-refractivity contribution < 1.29 is 17.6 Å². The molecule has 0 fully saturated rings. The number of hydrogen-bond acceptors (Lipinski definition) is 6. The Hall–Kier alpha value is -2.94. The van der Waals surface area contributed by atoms with Crippen molar-refractivity contribution in [1.29, 1.82) is 0 Å². The van der Waals surface area contributed by atoms with Gasteiger partial charge in [-0.1, -0.05) is 54.1 Å². The van der Waals surface area contributed by atoms with Crippen LogP contribution in [0, 0.1) is 0 Å². The Bertz CT molecular complexity index is 1440. The third kappa shape index (κ3) is 4.01. The van der Waals surface area contributed by atoms with Gasteiger partial charge in [0.1, 0.15) is 5.58 Å². The second kappa shape index (κ2) is 8.30. The van der Waals surface area contributed by atoms with Gasteiger partial charge in [-0.3, -0.25) is 4.79 Å². The molecule has 0 aliphatic rings. The van der Waals surface area contributed by atoms with Gasteiger partial charge in [0.15, 0.2) is 0 Å². The maximum atomic E-state index is 13.6. The summed E-state index contributed by atoms with van der Waals surface area (Å²) in [5.41, 5.74) is 1.40. The van der Waals surface area contributed by atoms with E-state index in [2.05, 4.69) is 0 Å². The number of halogens is 1. The number of hydrogen-bond donors (Lipinski definition) is 0. The molecule has 0 N–H and O–H groups in total. The van der Waals surface area contributed by atoms with E-state index in [-0.39, 0.29) is 21.2 Å². The summed E-state index contributed by atoms with van der Waals surface area (Å²) in [5.74, 6) is -0.805. The number of aryl methyl sites for hydroxylation is 1. The quantitative estimate of drug-likeness (QED) is 0.402. The van der Waals surface area contributed by atoms with Gasteiger partial charge in [0.25, 0.3) is 15.9 Å². The molecule has 9 heteroatoms. The number of anilines is 1. The number of fused-ring (bicyclic) bond motifs is 1. The van der Waals surface area contributed by atoms with Crippen LogP contribution in [0.3, 0.4) is 0 Å². The SMILES string of the molecule is CCc1ccc(S(=O)(=O)N(C(=O)c2ccccc2Cl)c2ccc3oc(=O)sc3c2)cc1. The van der Waals surface area contributed by atoms with Gasteiger partial charge in [-0.2, -0.15) is 4.31 Å². The first-order chi connectivity index (χ1) is 14.8. The molecule has 158 valence electrons. The Morgan fingerprint density at radius 2 is 1.77 bits per heavy atom. The van der Waals surface area contributed by atoms with Gasteiger partial charge in [0.05, 0.1) is 25.9 Å². The van der Waals surface area contributed by atoms with Crippen LogP contribution in [0.25, 0.3) is 10.3 Å². The molecule has 0 saturated carbocycles. The van der Waals surface area contributed by atoms with Crippen molar-refractivity contribution in [3.63, 3.8) is 0 Å². The van der Waals surface area contributed by atoms with E-state index in [0.29, 0.717) is 14.6 Å². The average molecular weight is 474 g/mol. The van der Waals surface area contributed by atoms with E-state index in [1.54, 1.807) is 24.3 Å². The van der Waals surface area contributed by atoms with Crippen molar-refractivity contribution in [3.05, 3.63) is 92.6 Å². The topological polar surface area (TPSA) is 84.7 Å². The van der Waals surface area contributed by atoms with E-state index in [0.717, 1.165) is 23.3 Å². The third-order valence-corrected chi connectivity index (χ3v) is 7.55. The molecule has 0 atom stereocenters. The van der Waals surface area contributed by atoms with Gasteiger partial charge in [-0.25, -0.2) is 13.2 Å². The molecule has 0 bridgehead atoms. The Kier molecular flexibility index (Phi) is 5.70. The largest absolute Gasteiger partial charge is 0.414 e. The maximum Gasteiger partial charge on any atom is 0.396 e. The van der Waals surface area contributed by atoms with Crippen molar-refractivity contribution in [2.45, 2.75) is 18.2 Å². The molecule has 0 aliphatic carbocycles. The highest BCUT2D eigenvalue weighted by molar-refractivity contribution is 7.93. The number of benzene rings is 3. The molecule has 1 amide bonds. The van der Waals surface area contributed by atoms with Gasteiger partial charge in [0.2, 0.25) is 0 Å². The van der Waals surface area contributed by atoms with Gasteiger partial charge >= 0.3 is 4.94 Å². The molecule has 6 nitrogen and oxygen atoms in total. The lowest BCUT2D eigenvalue weighted by Crippen LogP contribution is -2.37. The minimum Gasteiger partial charge on any atom is -0.414 e. The van der Waals surface area contributed by atoms with Crippen LogP contribution in [-0.2, 0) is 16.4 Å². The van der Waals surface area contributed by atoms with E-state index in [1.807, 2.05) is 6.92 Å². The molecule has 1 aromatic heterocycles. The monoisotopic (exact) mass is 473 g/mol. The molecule has 0 spiro atoms. The summed E-state index contributed by atoms with van der Waals surface area (Å²) in [5, 5.41) is 0.128. The summed E-state index contributed by atoms with van der Waals surface area (Å²) in [7, 11) is -4.28. The number of carbonyl (C=O) groups excluding carboxylic acids is 1. The summed E-state index contributed by atoms with van der Waals surface area (Å²) >= 11 is 7.01. The molecular formula is C22H16ClNO5S2. The molecular weight excluding hydrogens is 458 g/mol. The second-order valence-corrected chi connectivity index (χ2v) is 9.81. The molecule has 3 aromatic carbocycles. The van der Waals surface area contributed by atoms with Gasteiger partial charge in [-0.05, 0) is 54.4 Å². The Morgan fingerprint density at radius 3 is 2.45 bits per heavy atom. The molecule has 1 heterocycles. The second-order valence-electron chi connectivity index (χ2n) is 6.64. The van der Waals surface area contributed by atoms with Crippen LogP contribution < -0.4 is 9.24 Å². The Labute approximate surface area is 187 Å². The van der Waals surface area contributed by atoms with Crippen LogP contribution in [0.2, 0.25) is 5.02 Å². The number of carbonyl (C=O) groups is 1. The van der Waals surface area contributed by atoms with Crippen molar-refractivity contribution in [2.75, 3.05) is 4.31 Å². The first-order valence-corrected chi connectivity index (χ1v) is 11.9. The van der Waals surface area contributed by atoms with E-state index < -0.39 is 20.9 Å². The number of sulfonamides is 1. The van der Waals surface area contributed by atoms with E-state index in [4.69, 9.17) is 16.0 Å². The van der Waals surface area contributed by atoms with Crippen LogP contribution in [-0.4, -0.2) is 14.3 Å². The van der Waals surface area contributed by atoms with Gasteiger partial charge < -0.3 is 4.42 Å². The third-order valence-electron chi connectivity index (χ3n) is 4.71. The zero-order valence-corrected chi connectivity index (χ0v) is 18.6. The molecule has 4 rings (SSSR count). The van der Waals surface area contributed by atoms with E-state index in [9.17, 15) is 18.0 Å². The zero-order valence-electron chi connectivity index (χ0n) is 16.2. The zero-order chi connectivity index (χ0) is 22.2. The van der Waals surface area contributed by atoms with Gasteiger partial charge in [-0.15, -0.1) is 0 Å². The summed E-state index contributed by atoms with van der Waals surface area (Å²) in [4.78, 5) is 24.5. The normalized spacial score (nSPS) is 11.5. The van der Waals surface area contributed by atoms with E-state index in [1.165, 1.54) is 42.5 Å². The van der Waals surface area contributed by atoms with Crippen LogP contribution in [0.1, 0.15) is 22.8 Å². The molecule has 0 saturated heterocycles. The van der Waals surface area contributed by atoms with Crippen LogP contribution >= 0.6 is 22.9 Å². The summed E-state index contributed by atoms with van der Waals surface area (Å²) in [6.45, 7) is 1.96. The number of amides is 1. The first kappa shape index (κ1) is 21.3. The lowest BCUT2D eigenvalue weighted by atomic mass is 10.2. The number of nitrogens with zero attached hydrogens (tertiary/aromatic N) is 1. The fourth-order valence-electron chi connectivity index (χ4n) is 3.10. The molecule has 31 heavy (non-hydrogen) atoms. The number of rotatable bonds is 5. The predicted molar refractivity (Wildman–Crippen MR) is 122 cm³/mol. The lowest BCUT2D eigenvalue weighted by Gasteiger charge is -2.23. The Balaban J connectivity index is 1.91. The summed E-state index contributed by atoms with van der Waals surface area (Å²) in [6, 6.07) is 16.9. The summed E-state index contributed by atoms with van der Waals surface area (Å²) < 4.78 is 33.3. The molecule has 4 aromatic rings. The van der Waals surface area contributed by atoms with Crippen LogP contribution in [0.5, 0.6) is 0 Å². The molecule has 0 radical (unpaired) electrons. The standard InChI is InChI=1S/C22H16ClNO5S2/c1-2-14-7-10-16(11-8-14)31(27,28)24(21(25)17-5-3-4-6-18(17)23)15-9-12-19-20(13-15)30-22(26)29-19/h3-13H,2H2,1H3. The smallest absolute Gasteiger partial charge is 0.396 e. The maximum absolute atomic E-state index is 13.6. The highest BCUT2D eigenvalue weighted by atomic mass is 35.5. The minimum atomic E-state index is -4.28. The lowest BCUT2D eigenvalue weighted by molar-refractivity contribution is 0.101. The molecule has 0 aliphatic heterocycles. The fourth-order valence-corrected chi connectivity index (χ4v) is 5.42. The Morgan fingerprint density at radius 1 is 1.06 bits per heavy atom.